The largest absolute Gasteiger partial charge is 0.403 e. The number of ether oxygens (including phenoxy) is 2. The highest BCUT2D eigenvalue weighted by Gasteiger charge is 2.48. The minimum Gasteiger partial charge on any atom is -0.394 e. The number of aliphatic hydroxyl groups is 5. The molecule has 3 aliphatic heterocycles. The van der Waals surface area contributed by atoms with Gasteiger partial charge in [-0.1, -0.05) is 18.2 Å². The number of carbonyl (C=O) groups is 1. The fourth-order valence-corrected chi connectivity index (χ4v) is 7.01. The van der Waals surface area contributed by atoms with Gasteiger partial charge in [0.25, 0.3) is 0 Å². The van der Waals surface area contributed by atoms with Crippen LogP contribution in [0.5, 0.6) is 0 Å². The number of aliphatic hydroxyl groups excluding tert-OH is 5. The third kappa shape index (κ3) is 6.28. The number of carbonyl (C=O) groups excluding carboxylic acids is 1. The van der Waals surface area contributed by atoms with E-state index in [4.69, 9.17) is 19.7 Å². The number of para-hydroxylation sites is 1. The van der Waals surface area contributed by atoms with Gasteiger partial charge in [0.15, 0.2) is 17.9 Å². The molecular weight excluding hydrogens is 643 g/mol. The molecule has 1 amide bonds. The van der Waals surface area contributed by atoms with Crippen molar-refractivity contribution in [3.05, 3.63) is 53.2 Å². The minimum atomic E-state index is -4.66. The normalized spacial score (nSPS) is 31.0. The van der Waals surface area contributed by atoms with Crippen LogP contribution in [0.1, 0.15) is 11.8 Å². The fraction of sp³-hybridized carbons (Fsp3) is 0.519. The Morgan fingerprint density at radius 1 is 1.15 bits per heavy atom. The molecule has 0 aliphatic carbocycles. The molecule has 2 aromatic heterocycles. The SMILES string of the molecule is CNC(=O)[C@@H](Cc1c[nH]c2ccccc12)NP(=O)(O)OC[C@H]1O[C@@H](n2cnc3c2=NCN([C@@H]2O[C@H](CO)[C@@H](O)[C@@H]2O)C=3N)[C@H](O)[C@@H]1O. The summed E-state index contributed by atoms with van der Waals surface area (Å²) in [6.45, 7) is -1.31. The van der Waals surface area contributed by atoms with Gasteiger partial charge in [-0.3, -0.25) is 13.9 Å². The molecule has 0 radical (unpaired) electrons. The maximum absolute atomic E-state index is 13.1. The van der Waals surface area contributed by atoms with E-state index in [0.29, 0.717) is 0 Å². The molecule has 0 saturated carbocycles. The minimum absolute atomic E-state index is 0.0297. The van der Waals surface area contributed by atoms with Crippen LogP contribution in [-0.4, -0.2) is 132 Å². The van der Waals surface area contributed by atoms with Crippen LogP contribution < -0.4 is 27.0 Å². The van der Waals surface area contributed by atoms with E-state index in [2.05, 4.69) is 25.4 Å². The molecule has 1 aromatic carbocycles. The van der Waals surface area contributed by atoms with E-state index < -0.39 is 82.0 Å². The van der Waals surface area contributed by atoms with Crippen LogP contribution in [0.15, 0.2) is 41.8 Å². The molecule has 1 unspecified atom stereocenters. The number of likely N-dealkylation sites (N-methyl/N-ethyl adjacent to an activating group) is 1. The number of aromatic nitrogens is 3. The smallest absolute Gasteiger partial charge is 0.394 e. The summed E-state index contributed by atoms with van der Waals surface area (Å²) < 4.78 is 31.0. The average molecular weight is 681 g/mol. The first-order chi connectivity index (χ1) is 22.4. The Morgan fingerprint density at radius 3 is 2.57 bits per heavy atom. The van der Waals surface area contributed by atoms with E-state index in [1.165, 1.54) is 22.8 Å². The van der Waals surface area contributed by atoms with Gasteiger partial charge in [-0.25, -0.2) is 19.6 Å². The first-order valence-corrected chi connectivity index (χ1v) is 16.3. The molecule has 20 heteroatoms. The second-order valence-corrected chi connectivity index (χ2v) is 13.0. The van der Waals surface area contributed by atoms with Crippen LogP contribution in [0.4, 0.5) is 0 Å². The number of fused-ring (bicyclic) bond motifs is 2. The summed E-state index contributed by atoms with van der Waals surface area (Å²) in [5.41, 5.74) is 8.05. The number of nitrogens with zero attached hydrogens (tertiary/aromatic N) is 4. The Hall–Kier alpha value is -3.46. The summed E-state index contributed by atoms with van der Waals surface area (Å²) in [7, 11) is -3.26. The van der Waals surface area contributed by atoms with Gasteiger partial charge in [0, 0.05) is 24.1 Å². The second kappa shape index (κ2) is 13.2. The second-order valence-electron chi connectivity index (χ2n) is 11.4. The summed E-state index contributed by atoms with van der Waals surface area (Å²) in [4.78, 5) is 36.4. The molecule has 19 nitrogen and oxygen atoms in total. The number of aromatic amines is 1. The predicted molar refractivity (Wildman–Crippen MR) is 160 cm³/mol. The first-order valence-electron chi connectivity index (χ1n) is 14.7. The zero-order valence-electron chi connectivity index (χ0n) is 25.0. The van der Waals surface area contributed by atoms with Crippen molar-refractivity contribution in [3.8, 4) is 0 Å². The Morgan fingerprint density at radius 2 is 1.85 bits per heavy atom. The topological polar surface area (TPSA) is 282 Å². The molecule has 3 aromatic rings. The summed E-state index contributed by atoms with van der Waals surface area (Å²) >= 11 is 0. The lowest BCUT2D eigenvalue weighted by molar-refractivity contribution is -0.122. The highest BCUT2D eigenvalue weighted by molar-refractivity contribution is 7.50. The van der Waals surface area contributed by atoms with Gasteiger partial charge in [0.1, 0.15) is 60.5 Å². The van der Waals surface area contributed by atoms with Crippen LogP contribution in [0.3, 0.4) is 0 Å². The van der Waals surface area contributed by atoms with Crippen molar-refractivity contribution >= 4 is 30.4 Å². The van der Waals surface area contributed by atoms with Crippen LogP contribution in [0.25, 0.3) is 16.7 Å². The molecular formula is C27H37N8O11P. The monoisotopic (exact) mass is 680 g/mol. The van der Waals surface area contributed by atoms with Gasteiger partial charge in [0.05, 0.1) is 19.5 Å². The van der Waals surface area contributed by atoms with Crippen molar-refractivity contribution in [3.63, 3.8) is 0 Å². The van der Waals surface area contributed by atoms with Crippen molar-refractivity contribution in [2.24, 2.45) is 10.7 Å². The Balaban J connectivity index is 1.13. The van der Waals surface area contributed by atoms with E-state index in [1.54, 1.807) is 6.20 Å². The predicted octanol–water partition coefficient (Wildman–Crippen LogP) is -4.60. The number of nitrogens with two attached hydrogens (primary N) is 1. The molecule has 6 rings (SSSR count). The van der Waals surface area contributed by atoms with Crippen LogP contribution >= 0.6 is 7.75 Å². The van der Waals surface area contributed by atoms with Crippen LogP contribution in [0.2, 0.25) is 0 Å². The van der Waals surface area contributed by atoms with E-state index in [1.807, 2.05) is 24.3 Å². The van der Waals surface area contributed by atoms with Crippen molar-refractivity contribution < 1.29 is 53.8 Å². The molecule has 0 spiro atoms. The number of hydrogen-bond acceptors (Lipinski definition) is 14. The number of amides is 1. The van der Waals surface area contributed by atoms with E-state index in [0.717, 1.165) is 16.5 Å². The Bertz CT molecular complexity index is 1790. The average Bonchev–Trinajstić information content (AvgIpc) is 3.81. The van der Waals surface area contributed by atoms with E-state index in [-0.39, 0.29) is 29.7 Å². The maximum Gasteiger partial charge on any atom is 0.403 e. The standard InChI is InChI=1S/C27H37N8O11P/c1-29-25(41)15(6-12-7-30-14-5-3-2-4-13(12)14)33-47(42,43)44-9-17-20(38)22(40)27(46-17)35-10-31-18-23(28)34(11-32-24(18)35)26-21(39)19(37)16(8-36)45-26/h2-5,7,10,15-17,19-22,26-27,30,36-40H,6,8-9,11,28H2,1H3,(H,29,41)(H2,33,42,43)/t15-,16-,17-,19-,20-,21+,22-,26-,27-/m1/s1. The molecule has 11 N–H and O–H groups in total. The van der Waals surface area contributed by atoms with Gasteiger partial charge >= 0.3 is 7.75 Å². The summed E-state index contributed by atoms with van der Waals surface area (Å²) in [6, 6.07) is 6.25. The summed E-state index contributed by atoms with van der Waals surface area (Å²) in [6.07, 6.45) is -7.47. The zero-order valence-corrected chi connectivity index (χ0v) is 25.9. The summed E-state index contributed by atoms with van der Waals surface area (Å²) in [5.74, 6) is -0.524. The quantitative estimate of drug-likeness (QED) is 0.0853. The van der Waals surface area contributed by atoms with Crippen molar-refractivity contribution in [2.45, 2.75) is 61.5 Å². The molecule has 5 heterocycles. The number of benzene rings is 1. The maximum atomic E-state index is 13.1. The van der Waals surface area contributed by atoms with E-state index >= 15 is 0 Å². The lowest BCUT2D eigenvalue weighted by atomic mass is 10.1. The highest BCUT2D eigenvalue weighted by Crippen LogP contribution is 2.40. The molecule has 10 atom stereocenters. The van der Waals surface area contributed by atoms with Crippen molar-refractivity contribution in [1.82, 2.24) is 29.8 Å². The third-order valence-electron chi connectivity index (χ3n) is 8.52. The number of nitrogens with one attached hydrogen (secondary N) is 3. The molecule has 47 heavy (non-hydrogen) atoms. The number of H-pyrrole nitrogens is 1. The van der Waals surface area contributed by atoms with Gasteiger partial charge in [0.2, 0.25) is 5.91 Å². The first kappa shape index (κ1) is 33.4. The number of hydrogen-bond donors (Lipinski definition) is 10. The van der Waals surface area contributed by atoms with Gasteiger partial charge < -0.3 is 60.8 Å². The van der Waals surface area contributed by atoms with Crippen molar-refractivity contribution in [2.75, 3.05) is 26.9 Å². The van der Waals surface area contributed by atoms with Gasteiger partial charge in [-0.2, -0.15) is 0 Å². The Kier molecular flexibility index (Phi) is 9.40. The summed E-state index contributed by atoms with van der Waals surface area (Å²) in [5, 5.41) is 57.4. The molecule has 0 bridgehead atoms. The van der Waals surface area contributed by atoms with Gasteiger partial charge in [-0.15, -0.1) is 0 Å². The lowest BCUT2D eigenvalue weighted by Crippen LogP contribution is -2.53. The van der Waals surface area contributed by atoms with E-state index in [9.17, 15) is 39.8 Å². The number of imidazole rings is 1. The molecule has 2 saturated heterocycles. The highest BCUT2D eigenvalue weighted by atomic mass is 31.2. The third-order valence-corrected chi connectivity index (χ3v) is 9.66. The molecule has 3 aliphatic rings. The van der Waals surface area contributed by atoms with Crippen LogP contribution in [0, 0.1) is 0 Å². The Labute approximate surface area is 266 Å². The lowest BCUT2D eigenvalue weighted by Gasteiger charge is -2.31. The molecule has 2 fully saturated rings. The van der Waals surface area contributed by atoms with Crippen molar-refractivity contribution in [1.29, 1.82) is 0 Å². The molecule has 256 valence electrons. The van der Waals surface area contributed by atoms with Gasteiger partial charge in [-0.05, 0) is 18.1 Å². The fourth-order valence-electron chi connectivity index (χ4n) is 5.99. The van der Waals surface area contributed by atoms with Crippen LogP contribution in [-0.2, 0) is 29.8 Å². The number of rotatable bonds is 11. The zero-order chi connectivity index (χ0) is 33.6.